The summed E-state index contributed by atoms with van der Waals surface area (Å²) in [5, 5.41) is 2.32. The molecule has 2 heteroatoms. The van der Waals surface area contributed by atoms with Crippen LogP contribution in [0.3, 0.4) is 0 Å². The Balaban J connectivity index is 1.06. The first-order valence-electron chi connectivity index (χ1n) is 21.4. The third-order valence-corrected chi connectivity index (χ3v) is 15.7. The highest BCUT2D eigenvalue weighted by molar-refractivity contribution is 6.11. The van der Waals surface area contributed by atoms with Crippen molar-refractivity contribution in [3.8, 4) is 22.3 Å². The Labute approximate surface area is 331 Å². The highest BCUT2D eigenvalue weighted by Crippen LogP contribution is 2.70. The summed E-state index contributed by atoms with van der Waals surface area (Å²) in [5.74, 6) is 3.26. The van der Waals surface area contributed by atoms with Gasteiger partial charge in [0.25, 0.3) is 0 Å². The Morgan fingerprint density at radius 2 is 1.14 bits per heavy atom. The lowest BCUT2D eigenvalue weighted by Crippen LogP contribution is -2.55. The summed E-state index contributed by atoms with van der Waals surface area (Å²) in [5.41, 5.74) is 17.4. The molecule has 0 amide bonds. The topological polar surface area (TPSA) is 16.4 Å². The van der Waals surface area contributed by atoms with Crippen LogP contribution in [0.25, 0.3) is 44.2 Å². The largest absolute Gasteiger partial charge is 0.454 e. The summed E-state index contributed by atoms with van der Waals surface area (Å²) in [4.78, 5) is 2.53. The Morgan fingerprint density at radius 1 is 0.518 bits per heavy atom. The molecular weight excluding hydrogens is 679 g/mol. The fraction of sp³-hybridized carbons (Fsp3) is 0.333. The van der Waals surface area contributed by atoms with Crippen molar-refractivity contribution in [3.05, 3.63) is 150 Å². The van der Waals surface area contributed by atoms with Crippen molar-refractivity contribution in [3.63, 3.8) is 0 Å². The number of anilines is 3. The average molecular weight is 730 g/mol. The fourth-order valence-electron chi connectivity index (χ4n) is 13.3. The minimum Gasteiger partial charge on any atom is -0.454 e. The van der Waals surface area contributed by atoms with Gasteiger partial charge in [0, 0.05) is 27.4 Å². The van der Waals surface area contributed by atoms with Crippen molar-refractivity contribution in [1.82, 2.24) is 0 Å². The zero-order valence-electron chi connectivity index (χ0n) is 33.2. The number of fused-ring (bicyclic) bond motifs is 7. The van der Waals surface area contributed by atoms with E-state index < -0.39 is 0 Å². The van der Waals surface area contributed by atoms with Gasteiger partial charge in [-0.1, -0.05) is 125 Å². The lowest BCUT2D eigenvalue weighted by atomic mass is 9.43. The van der Waals surface area contributed by atoms with Crippen LogP contribution in [-0.2, 0) is 16.2 Å². The van der Waals surface area contributed by atoms with E-state index in [0.29, 0.717) is 0 Å². The summed E-state index contributed by atoms with van der Waals surface area (Å²) in [6.45, 7) is 9.68. The van der Waals surface area contributed by atoms with E-state index in [4.69, 9.17) is 4.42 Å². The third kappa shape index (κ3) is 4.45. The van der Waals surface area contributed by atoms with Crippen molar-refractivity contribution < 1.29 is 4.42 Å². The molecule has 13 rings (SSSR count). The van der Waals surface area contributed by atoms with Crippen LogP contribution in [0.4, 0.5) is 17.1 Å². The molecule has 1 heterocycles. The second-order valence-corrected chi connectivity index (χ2v) is 19.6. The molecule has 0 radical (unpaired) electrons. The maximum Gasteiger partial charge on any atom is 0.159 e. The molecule has 2 nitrogen and oxygen atoms in total. The van der Waals surface area contributed by atoms with Gasteiger partial charge < -0.3 is 9.32 Å². The van der Waals surface area contributed by atoms with Crippen molar-refractivity contribution in [2.24, 2.45) is 23.7 Å². The van der Waals surface area contributed by atoms with Crippen LogP contribution in [0.1, 0.15) is 94.9 Å². The summed E-state index contributed by atoms with van der Waals surface area (Å²) < 4.78 is 6.82. The quantitative estimate of drug-likeness (QED) is 0.179. The first-order chi connectivity index (χ1) is 27.2. The molecule has 4 saturated carbocycles. The number of rotatable bonds is 4. The van der Waals surface area contributed by atoms with Crippen LogP contribution < -0.4 is 4.90 Å². The van der Waals surface area contributed by atoms with E-state index in [1.807, 2.05) is 0 Å². The SMILES string of the molecule is CC1(C)CCC(C)(C)c2cc(-c3ccc(N(c4cccc5c4-c4ccccc4C54C5CC6CC(C5)CC4C6)c4cccc5c4oc4ccccc45)cc3)ccc21. The summed E-state index contributed by atoms with van der Waals surface area (Å²) in [6.07, 6.45) is 9.43. The Morgan fingerprint density at radius 3 is 1.93 bits per heavy atom. The van der Waals surface area contributed by atoms with E-state index in [0.717, 1.165) is 57.0 Å². The molecule has 0 saturated heterocycles. The van der Waals surface area contributed by atoms with Gasteiger partial charge in [-0.3, -0.25) is 0 Å². The second kappa shape index (κ2) is 11.5. The maximum atomic E-state index is 6.82. The Hall–Kier alpha value is -5.08. The van der Waals surface area contributed by atoms with E-state index in [9.17, 15) is 0 Å². The molecule has 1 aromatic heterocycles. The predicted molar refractivity (Wildman–Crippen MR) is 232 cm³/mol. The molecule has 7 aromatic rings. The second-order valence-electron chi connectivity index (χ2n) is 19.6. The summed E-state index contributed by atoms with van der Waals surface area (Å²) in [6, 6.07) is 48.6. The zero-order chi connectivity index (χ0) is 37.6. The lowest BCUT2D eigenvalue weighted by Gasteiger charge is -2.61. The number of hydrogen-bond acceptors (Lipinski definition) is 2. The molecular formula is C54H51NO. The van der Waals surface area contributed by atoms with Gasteiger partial charge in [0.15, 0.2) is 5.58 Å². The van der Waals surface area contributed by atoms with Gasteiger partial charge in [0.05, 0.1) is 11.4 Å². The van der Waals surface area contributed by atoms with Crippen molar-refractivity contribution in [1.29, 1.82) is 0 Å². The molecule has 6 aromatic carbocycles. The molecule has 0 atom stereocenters. The molecule has 4 bridgehead atoms. The normalized spacial score (nSPS) is 26.1. The minimum absolute atomic E-state index is 0.102. The first-order valence-corrected chi connectivity index (χ1v) is 21.4. The third-order valence-electron chi connectivity index (χ3n) is 15.7. The number of nitrogens with zero attached hydrogens (tertiary/aromatic N) is 1. The van der Waals surface area contributed by atoms with Crippen LogP contribution in [0.2, 0.25) is 0 Å². The van der Waals surface area contributed by atoms with Crippen molar-refractivity contribution in [2.45, 2.75) is 88.9 Å². The molecule has 0 unspecified atom stereocenters. The molecule has 1 spiro atoms. The number of hydrogen-bond donors (Lipinski definition) is 0. The number of benzene rings is 6. The molecule has 4 fully saturated rings. The van der Waals surface area contributed by atoms with E-state index in [1.54, 1.807) is 11.1 Å². The van der Waals surface area contributed by atoms with E-state index >= 15 is 0 Å². The van der Waals surface area contributed by atoms with Crippen molar-refractivity contribution >= 4 is 39.0 Å². The van der Waals surface area contributed by atoms with Crippen LogP contribution in [0.5, 0.6) is 0 Å². The van der Waals surface area contributed by atoms with Crippen LogP contribution in [-0.4, -0.2) is 0 Å². The lowest BCUT2D eigenvalue weighted by molar-refractivity contribution is -0.0399. The van der Waals surface area contributed by atoms with Gasteiger partial charge in [-0.25, -0.2) is 0 Å². The molecule has 6 aliphatic carbocycles. The monoisotopic (exact) mass is 729 g/mol. The first kappa shape index (κ1) is 33.1. The highest BCUT2D eigenvalue weighted by atomic mass is 16.3. The maximum absolute atomic E-state index is 6.82. The van der Waals surface area contributed by atoms with E-state index in [1.165, 1.54) is 84.0 Å². The van der Waals surface area contributed by atoms with Crippen LogP contribution in [0, 0.1) is 23.7 Å². The van der Waals surface area contributed by atoms with Gasteiger partial charge in [-0.2, -0.15) is 0 Å². The molecule has 278 valence electrons. The standard InChI is InChI=1S/C54H51NO/c1-52(2)25-26-53(3,4)46-32-36(21-24-44(46)52)35-19-22-39(23-20-35)55(48-17-9-13-41-40-11-6-8-18-49(40)56-51(41)48)47-16-10-15-45-50(47)42-12-5-7-14-43(42)54(45)37-28-33-27-34(30-37)31-38(54)29-33/h5-24,32-34,37-38H,25-31H2,1-4H3. The fourth-order valence-corrected chi connectivity index (χ4v) is 13.3. The smallest absolute Gasteiger partial charge is 0.159 e. The van der Waals surface area contributed by atoms with Crippen LogP contribution >= 0.6 is 0 Å². The number of furan rings is 1. The van der Waals surface area contributed by atoms with Crippen molar-refractivity contribution in [2.75, 3.05) is 4.90 Å². The zero-order valence-corrected chi connectivity index (χ0v) is 33.2. The van der Waals surface area contributed by atoms with Gasteiger partial charge in [0.1, 0.15) is 5.58 Å². The van der Waals surface area contributed by atoms with E-state index in [2.05, 4.69) is 160 Å². The number of para-hydroxylation sites is 2. The Bertz CT molecular complexity index is 2700. The molecule has 0 aliphatic heterocycles. The summed E-state index contributed by atoms with van der Waals surface area (Å²) in [7, 11) is 0. The van der Waals surface area contributed by atoms with Gasteiger partial charge in [-0.15, -0.1) is 0 Å². The van der Waals surface area contributed by atoms with Gasteiger partial charge >= 0.3 is 0 Å². The molecule has 56 heavy (non-hydrogen) atoms. The Kier molecular flexibility index (Phi) is 6.80. The summed E-state index contributed by atoms with van der Waals surface area (Å²) >= 11 is 0. The predicted octanol–water partition coefficient (Wildman–Crippen LogP) is 14.8. The van der Waals surface area contributed by atoms with E-state index in [-0.39, 0.29) is 16.2 Å². The average Bonchev–Trinajstić information content (AvgIpc) is 3.74. The van der Waals surface area contributed by atoms with Crippen LogP contribution in [0.15, 0.2) is 132 Å². The minimum atomic E-state index is 0.102. The van der Waals surface area contributed by atoms with Gasteiger partial charge in [-0.05, 0) is 149 Å². The van der Waals surface area contributed by atoms with Gasteiger partial charge in [0.2, 0.25) is 0 Å². The highest BCUT2D eigenvalue weighted by Gasteiger charge is 2.62. The molecule has 0 N–H and O–H groups in total. The molecule has 6 aliphatic rings.